The van der Waals surface area contributed by atoms with Crippen LogP contribution in [0.4, 0.5) is 13.2 Å². The van der Waals surface area contributed by atoms with E-state index >= 15 is 0 Å². The number of methoxy groups -OCH3 is 1. The number of ether oxygens (including phenoxy) is 2. The summed E-state index contributed by atoms with van der Waals surface area (Å²) in [4.78, 5) is 38.7. The number of H-pyrrole nitrogens is 1. The van der Waals surface area contributed by atoms with Crippen molar-refractivity contribution in [1.29, 1.82) is 0 Å². The van der Waals surface area contributed by atoms with Gasteiger partial charge in [0.15, 0.2) is 6.23 Å². The fraction of sp³-hybridized carbons (Fsp3) is 0.611. The molecule has 1 amide bonds. The van der Waals surface area contributed by atoms with Gasteiger partial charge in [-0.25, -0.2) is 4.79 Å². The molecule has 13 heteroatoms. The van der Waals surface area contributed by atoms with Crippen LogP contribution < -0.4 is 11.2 Å². The van der Waals surface area contributed by atoms with E-state index in [1.807, 2.05) is 4.98 Å². The van der Waals surface area contributed by atoms with Crippen LogP contribution in [0.3, 0.4) is 0 Å². The quantitative estimate of drug-likeness (QED) is 0.483. The van der Waals surface area contributed by atoms with Crippen molar-refractivity contribution in [2.45, 2.75) is 51.1 Å². The average molecular weight is 451 g/mol. The number of halogens is 3. The average Bonchev–Trinajstić information content (AvgIpc) is 3.00. The van der Waals surface area contributed by atoms with E-state index in [1.165, 1.54) is 13.2 Å². The topological polar surface area (TPSA) is 134 Å². The molecule has 0 bridgehead atoms. The summed E-state index contributed by atoms with van der Waals surface area (Å²) in [6.07, 6.45) is -7.59. The second-order valence-electron chi connectivity index (χ2n) is 7.22. The number of amides is 1. The molecule has 1 aromatic heterocycles. The van der Waals surface area contributed by atoms with E-state index in [0.29, 0.717) is 10.5 Å². The molecule has 10 nitrogen and oxygen atoms in total. The van der Waals surface area contributed by atoms with Gasteiger partial charge in [-0.15, -0.1) is 0 Å². The summed E-state index contributed by atoms with van der Waals surface area (Å²) in [5, 5.41) is 19.4. The molecule has 2 unspecified atom stereocenters. The van der Waals surface area contributed by atoms with Gasteiger partial charge in [0, 0.05) is 19.9 Å². The second kappa shape index (κ2) is 9.77. The predicted molar refractivity (Wildman–Crippen MR) is 100 cm³/mol. The van der Waals surface area contributed by atoms with Crippen molar-refractivity contribution in [2.24, 2.45) is 0 Å². The fourth-order valence-corrected chi connectivity index (χ4v) is 3.07. The number of alkyl halides is 3. The van der Waals surface area contributed by atoms with E-state index in [4.69, 9.17) is 9.47 Å². The molecule has 1 aliphatic rings. The fourth-order valence-electron chi connectivity index (χ4n) is 3.07. The van der Waals surface area contributed by atoms with Crippen molar-refractivity contribution >= 4 is 5.91 Å². The lowest BCUT2D eigenvalue weighted by atomic mass is 10.1. The molecule has 1 aliphatic heterocycles. The number of nitrogens with one attached hydrogen (secondary N) is 1. The molecule has 0 saturated carbocycles. The van der Waals surface area contributed by atoms with Crippen molar-refractivity contribution in [2.75, 3.05) is 20.3 Å². The van der Waals surface area contributed by atoms with Crippen LogP contribution in [-0.4, -0.2) is 75.3 Å². The van der Waals surface area contributed by atoms with Gasteiger partial charge in [-0.1, -0.05) is 11.6 Å². The van der Waals surface area contributed by atoms with Gasteiger partial charge in [-0.05, 0) is 13.8 Å². The molecule has 1 saturated heterocycles. The molecule has 3 N–H and O–H groups in total. The highest BCUT2D eigenvalue weighted by Crippen LogP contribution is 2.30. The number of aliphatic hydroxyl groups is 2. The minimum Gasteiger partial charge on any atom is -0.394 e. The highest BCUT2D eigenvalue weighted by Gasteiger charge is 2.45. The summed E-state index contributed by atoms with van der Waals surface area (Å²) in [6.45, 7) is 1.53. The lowest BCUT2D eigenvalue weighted by Gasteiger charge is -2.24. The standard InChI is InChI=1S/C18H24F3N3O7/c1-9(2)4-5-23(16(28)18(19,20)21)6-10-7-24(17(29)22-14(10)27)15-13(30-3)12(26)11(8-25)31-15/h4,7,11-13,15,25-26H,5-6,8H2,1-3H3,(H,22,27,29)/t11-,12?,13?,15-/m1/s1. The number of carbonyl (C=O) groups excluding carboxylic acids is 1. The van der Waals surface area contributed by atoms with Crippen LogP contribution in [0.25, 0.3) is 0 Å². The second-order valence-corrected chi connectivity index (χ2v) is 7.22. The Kier molecular flexibility index (Phi) is 7.81. The maximum atomic E-state index is 13.0. The number of allylic oxidation sites excluding steroid dienone is 1. The first-order chi connectivity index (χ1) is 14.4. The number of nitrogens with zero attached hydrogens (tertiary/aromatic N) is 2. The number of aromatic nitrogens is 2. The van der Waals surface area contributed by atoms with Crippen LogP contribution >= 0.6 is 0 Å². The maximum Gasteiger partial charge on any atom is 0.471 e. The third-order valence-corrected chi connectivity index (χ3v) is 4.69. The van der Waals surface area contributed by atoms with E-state index < -0.39 is 67.6 Å². The molecule has 174 valence electrons. The van der Waals surface area contributed by atoms with Gasteiger partial charge in [0.1, 0.15) is 18.3 Å². The first-order valence-electron chi connectivity index (χ1n) is 9.21. The van der Waals surface area contributed by atoms with Crippen molar-refractivity contribution in [1.82, 2.24) is 14.5 Å². The molecule has 2 rings (SSSR count). The zero-order chi connectivity index (χ0) is 23.5. The van der Waals surface area contributed by atoms with Crippen LogP contribution in [-0.2, 0) is 20.8 Å². The van der Waals surface area contributed by atoms with Crippen LogP contribution in [0.2, 0.25) is 0 Å². The van der Waals surface area contributed by atoms with Gasteiger partial charge >= 0.3 is 17.8 Å². The lowest BCUT2D eigenvalue weighted by molar-refractivity contribution is -0.185. The van der Waals surface area contributed by atoms with E-state index in [-0.39, 0.29) is 5.56 Å². The summed E-state index contributed by atoms with van der Waals surface area (Å²) in [5.41, 5.74) is -1.61. The maximum absolute atomic E-state index is 13.0. The Hall–Kier alpha value is -2.48. The van der Waals surface area contributed by atoms with Gasteiger partial charge in [0.25, 0.3) is 5.56 Å². The Morgan fingerprint density at radius 2 is 2.03 bits per heavy atom. The Balaban J connectivity index is 2.45. The summed E-state index contributed by atoms with van der Waals surface area (Å²) in [5.74, 6) is -2.15. The first-order valence-corrected chi connectivity index (χ1v) is 9.21. The van der Waals surface area contributed by atoms with E-state index in [0.717, 1.165) is 10.8 Å². The molecular formula is C18H24F3N3O7. The summed E-state index contributed by atoms with van der Waals surface area (Å²) in [6, 6.07) is 0. The molecule has 1 aromatic rings. The number of aromatic amines is 1. The number of hydrogen-bond donors (Lipinski definition) is 3. The van der Waals surface area contributed by atoms with Crippen molar-refractivity contribution < 1.29 is 37.7 Å². The first kappa shape index (κ1) is 24.8. The Morgan fingerprint density at radius 3 is 2.55 bits per heavy atom. The predicted octanol–water partition coefficient (Wildman–Crippen LogP) is -0.341. The smallest absolute Gasteiger partial charge is 0.394 e. The molecule has 0 aliphatic carbocycles. The summed E-state index contributed by atoms with van der Waals surface area (Å²) in [7, 11) is 1.23. The van der Waals surface area contributed by atoms with E-state index in [1.54, 1.807) is 13.8 Å². The van der Waals surface area contributed by atoms with Gasteiger partial charge in [0.05, 0.1) is 18.7 Å². The molecule has 2 heterocycles. The molecule has 0 spiro atoms. The van der Waals surface area contributed by atoms with Crippen molar-refractivity contribution in [3.8, 4) is 0 Å². The largest absolute Gasteiger partial charge is 0.471 e. The minimum atomic E-state index is -5.16. The molecule has 0 aromatic carbocycles. The molecule has 0 radical (unpaired) electrons. The van der Waals surface area contributed by atoms with Crippen molar-refractivity contribution in [3.63, 3.8) is 0 Å². The molecule has 4 atom stereocenters. The Bertz CT molecular complexity index is 937. The number of hydrogen-bond acceptors (Lipinski definition) is 7. The molecule has 31 heavy (non-hydrogen) atoms. The molecule has 1 fully saturated rings. The Morgan fingerprint density at radius 1 is 1.39 bits per heavy atom. The van der Waals surface area contributed by atoms with Crippen molar-refractivity contribution in [3.05, 3.63) is 44.2 Å². The highest BCUT2D eigenvalue weighted by molar-refractivity contribution is 5.82. The highest BCUT2D eigenvalue weighted by atomic mass is 19.4. The van der Waals surface area contributed by atoms with E-state index in [2.05, 4.69) is 0 Å². The molecular weight excluding hydrogens is 427 g/mol. The normalized spacial score (nSPS) is 23.6. The SMILES string of the molecule is COC1C(O)[C@@H](CO)O[C@H]1n1cc(CN(CC=C(C)C)C(=O)C(F)(F)F)c(=O)[nH]c1=O. The summed E-state index contributed by atoms with van der Waals surface area (Å²) < 4.78 is 50.4. The van der Waals surface area contributed by atoms with Gasteiger partial charge in [0.2, 0.25) is 0 Å². The number of carbonyl (C=O) groups is 1. The monoisotopic (exact) mass is 451 g/mol. The van der Waals surface area contributed by atoms with Crippen LogP contribution in [0.5, 0.6) is 0 Å². The van der Waals surface area contributed by atoms with Crippen LogP contribution in [0.15, 0.2) is 27.4 Å². The zero-order valence-corrected chi connectivity index (χ0v) is 17.0. The van der Waals surface area contributed by atoms with Gasteiger partial charge in [-0.2, -0.15) is 13.2 Å². The van der Waals surface area contributed by atoms with Crippen LogP contribution in [0, 0.1) is 0 Å². The third-order valence-electron chi connectivity index (χ3n) is 4.69. The van der Waals surface area contributed by atoms with Crippen LogP contribution in [0.1, 0.15) is 25.6 Å². The number of aliphatic hydroxyl groups excluding tert-OH is 2. The Labute approximate surface area is 174 Å². The zero-order valence-electron chi connectivity index (χ0n) is 17.0. The summed E-state index contributed by atoms with van der Waals surface area (Å²) >= 11 is 0. The lowest BCUT2D eigenvalue weighted by Crippen LogP contribution is -2.44. The van der Waals surface area contributed by atoms with Gasteiger partial charge in [-0.3, -0.25) is 19.1 Å². The third kappa shape index (κ3) is 5.61. The number of rotatable bonds is 7. The van der Waals surface area contributed by atoms with Gasteiger partial charge < -0.3 is 24.6 Å². The van der Waals surface area contributed by atoms with E-state index in [9.17, 15) is 37.8 Å². The minimum absolute atomic E-state index is 0.320.